The second kappa shape index (κ2) is 10.1. The van der Waals surface area contributed by atoms with Crippen LogP contribution < -0.4 is 4.90 Å². The Kier molecular flexibility index (Phi) is 6.77. The Labute approximate surface area is 202 Å². The van der Waals surface area contributed by atoms with Crippen molar-refractivity contribution < 1.29 is 0 Å². The Morgan fingerprint density at radius 3 is 1.79 bits per heavy atom. The molecule has 3 nitrogen and oxygen atoms in total. The zero-order valence-electron chi connectivity index (χ0n) is 19.6. The molecule has 3 aromatic rings. The van der Waals surface area contributed by atoms with E-state index in [0.29, 0.717) is 0 Å². The summed E-state index contributed by atoms with van der Waals surface area (Å²) in [5.74, 6) is 0. The molecule has 0 heterocycles. The molecular weight excluding hydrogens is 414 g/mol. The van der Waals surface area contributed by atoms with Gasteiger partial charge in [-0.25, -0.2) is 0 Å². The van der Waals surface area contributed by atoms with E-state index >= 15 is 0 Å². The lowest BCUT2D eigenvalue weighted by molar-refractivity contribution is 0.354. The van der Waals surface area contributed by atoms with Gasteiger partial charge in [0, 0.05) is 17.1 Å². The molecule has 34 heavy (non-hydrogen) atoms. The molecule has 0 saturated carbocycles. The number of rotatable bonds is 5. The van der Waals surface area contributed by atoms with Crippen LogP contribution in [0.3, 0.4) is 0 Å². The summed E-state index contributed by atoms with van der Waals surface area (Å²) < 4.78 is 0. The number of nitriles is 2. The predicted molar refractivity (Wildman–Crippen MR) is 140 cm³/mol. The van der Waals surface area contributed by atoms with Crippen LogP contribution in [0.4, 0.5) is 17.1 Å². The van der Waals surface area contributed by atoms with Crippen molar-refractivity contribution in [2.75, 3.05) is 4.90 Å². The highest BCUT2D eigenvalue weighted by atomic mass is 15.1. The van der Waals surface area contributed by atoms with E-state index in [9.17, 15) is 10.5 Å². The molecule has 1 aliphatic rings. The van der Waals surface area contributed by atoms with Crippen LogP contribution in [0, 0.1) is 28.1 Å². The minimum absolute atomic E-state index is 0.0123. The van der Waals surface area contributed by atoms with Crippen LogP contribution >= 0.6 is 0 Å². The average Bonchev–Trinajstić information content (AvgIpc) is 2.85. The van der Waals surface area contributed by atoms with Crippen molar-refractivity contribution in [3.63, 3.8) is 0 Å². The standard InChI is InChI=1S/C31H27N3/c1-31(2)20-25(19-26(21-31)27(22-32)23-33)14-13-24-15-17-30(18-16-24)34(28-9-5-3-6-10-28)29-11-7-4-8-12-29/h3-19H,20-21H2,1-2H3. The Hall–Kier alpha value is -4.34. The maximum atomic E-state index is 9.30. The fourth-order valence-electron chi connectivity index (χ4n) is 4.43. The van der Waals surface area contributed by atoms with Gasteiger partial charge in [0.25, 0.3) is 0 Å². The van der Waals surface area contributed by atoms with E-state index in [2.05, 4.69) is 104 Å². The zero-order chi connectivity index (χ0) is 24.0. The first-order valence-electron chi connectivity index (χ1n) is 11.4. The number of benzene rings is 3. The maximum Gasteiger partial charge on any atom is 0.132 e. The highest BCUT2D eigenvalue weighted by molar-refractivity contribution is 5.77. The Morgan fingerprint density at radius 1 is 0.735 bits per heavy atom. The van der Waals surface area contributed by atoms with E-state index in [0.717, 1.165) is 46.6 Å². The van der Waals surface area contributed by atoms with Gasteiger partial charge in [0.1, 0.15) is 17.7 Å². The van der Waals surface area contributed by atoms with Gasteiger partial charge in [-0.2, -0.15) is 10.5 Å². The van der Waals surface area contributed by atoms with Crippen molar-refractivity contribution in [1.82, 2.24) is 0 Å². The number of para-hydroxylation sites is 2. The van der Waals surface area contributed by atoms with Crippen molar-refractivity contribution in [3.05, 3.63) is 119 Å². The lowest BCUT2D eigenvalue weighted by atomic mass is 9.74. The molecule has 0 unspecified atom stereocenters. The predicted octanol–water partition coefficient (Wildman–Crippen LogP) is 8.26. The molecule has 0 aromatic heterocycles. The number of anilines is 3. The summed E-state index contributed by atoms with van der Waals surface area (Å²) in [6.07, 6.45) is 7.86. The number of allylic oxidation sites excluding steroid dienone is 5. The highest BCUT2D eigenvalue weighted by Gasteiger charge is 2.26. The largest absolute Gasteiger partial charge is 0.311 e. The molecule has 0 aliphatic heterocycles. The molecule has 3 heteroatoms. The van der Waals surface area contributed by atoms with Gasteiger partial charge in [-0.05, 0) is 71.4 Å². The van der Waals surface area contributed by atoms with Crippen LogP contribution in [0.2, 0.25) is 0 Å². The third-order valence-electron chi connectivity index (χ3n) is 5.93. The summed E-state index contributed by atoms with van der Waals surface area (Å²) in [5.41, 5.74) is 6.59. The SMILES string of the molecule is CC1(C)CC(C=Cc2ccc(N(c3ccccc3)c3ccccc3)cc2)=CC(=C(C#N)C#N)C1. The van der Waals surface area contributed by atoms with Gasteiger partial charge in [0.05, 0.1) is 0 Å². The number of hydrogen-bond acceptors (Lipinski definition) is 3. The number of nitrogens with zero attached hydrogens (tertiary/aromatic N) is 3. The van der Waals surface area contributed by atoms with E-state index in [1.54, 1.807) is 0 Å². The summed E-state index contributed by atoms with van der Waals surface area (Å²) in [6, 6.07) is 33.3. The quantitative estimate of drug-likeness (QED) is 0.374. The van der Waals surface area contributed by atoms with Gasteiger partial charge in [-0.15, -0.1) is 0 Å². The van der Waals surface area contributed by atoms with Gasteiger partial charge >= 0.3 is 0 Å². The fourth-order valence-corrected chi connectivity index (χ4v) is 4.43. The van der Waals surface area contributed by atoms with Crippen molar-refractivity contribution in [2.45, 2.75) is 26.7 Å². The fraction of sp³-hybridized carbons (Fsp3) is 0.161. The van der Waals surface area contributed by atoms with Crippen LogP contribution in [0.1, 0.15) is 32.3 Å². The van der Waals surface area contributed by atoms with E-state index < -0.39 is 0 Å². The number of hydrogen-bond donors (Lipinski definition) is 0. The normalized spacial score (nSPS) is 14.7. The molecule has 0 N–H and O–H groups in total. The molecular formula is C31H27N3. The van der Waals surface area contributed by atoms with Crippen LogP contribution in [0.25, 0.3) is 6.08 Å². The molecule has 0 atom stereocenters. The molecule has 0 radical (unpaired) electrons. The maximum absolute atomic E-state index is 9.30. The third kappa shape index (κ3) is 5.34. The van der Waals surface area contributed by atoms with E-state index in [-0.39, 0.29) is 11.0 Å². The van der Waals surface area contributed by atoms with Crippen LogP contribution in [0.5, 0.6) is 0 Å². The summed E-state index contributed by atoms with van der Waals surface area (Å²) in [4.78, 5) is 2.24. The van der Waals surface area contributed by atoms with Crippen molar-refractivity contribution in [1.29, 1.82) is 10.5 Å². The summed E-state index contributed by atoms with van der Waals surface area (Å²) >= 11 is 0. The molecule has 0 amide bonds. The van der Waals surface area contributed by atoms with Crippen molar-refractivity contribution >= 4 is 23.1 Å². The lowest BCUT2D eigenvalue weighted by Gasteiger charge is -2.30. The first-order chi connectivity index (χ1) is 16.5. The minimum atomic E-state index is 0.0123. The minimum Gasteiger partial charge on any atom is -0.311 e. The summed E-state index contributed by atoms with van der Waals surface area (Å²) in [6.45, 7) is 4.35. The molecule has 0 fully saturated rings. The summed E-state index contributed by atoms with van der Waals surface area (Å²) in [5, 5.41) is 18.6. The zero-order valence-corrected chi connectivity index (χ0v) is 19.6. The van der Waals surface area contributed by atoms with Gasteiger partial charge < -0.3 is 4.90 Å². The van der Waals surface area contributed by atoms with Crippen molar-refractivity contribution in [2.24, 2.45) is 5.41 Å². The van der Waals surface area contributed by atoms with Gasteiger partial charge in [-0.3, -0.25) is 0 Å². The second-order valence-electron chi connectivity index (χ2n) is 9.29. The first-order valence-corrected chi connectivity index (χ1v) is 11.4. The molecule has 0 spiro atoms. The third-order valence-corrected chi connectivity index (χ3v) is 5.93. The molecule has 3 aromatic carbocycles. The molecule has 0 bridgehead atoms. The van der Waals surface area contributed by atoms with E-state index in [4.69, 9.17) is 0 Å². The van der Waals surface area contributed by atoms with E-state index in [1.165, 1.54) is 0 Å². The topological polar surface area (TPSA) is 50.8 Å². The Morgan fingerprint density at radius 2 is 1.26 bits per heavy atom. The molecule has 166 valence electrons. The first kappa shape index (κ1) is 22.8. The van der Waals surface area contributed by atoms with Gasteiger partial charge in [-0.1, -0.05) is 80.6 Å². The van der Waals surface area contributed by atoms with Crippen LogP contribution in [-0.4, -0.2) is 0 Å². The van der Waals surface area contributed by atoms with Gasteiger partial charge in [0.2, 0.25) is 0 Å². The van der Waals surface area contributed by atoms with Crippen LogP contribution in [0.15, 0.2) is 114 Å². The molecule has 1 aliphatic carbocycles. The van der Waals surface area contributed by atoms with Crippen molar-refractivity contribution in [3.8, 4) is 12.1 Å². The molecule has 4 rings (SSSR count). The smallest absolute Gasteiger partial charge is 0.132 e. The highest BCUT2D eigenvalue weighted by Crippen LogP contribution is 2.40. The second-order valence-corrected chi connectivity index (χ2v) is 9.29. The summed E-state index contributed by atoms with van der Waals surface area (Å²) in [7, 11) is 0. The van der Waals surface area contributed by atoms with E-state index in [1.807, 2.05) is 30.3 Å². The molecule has 0 saturated heterocycles. The van der Waals surface area contributed by atoms with Gasteiger partial charge in [0.15, 0.2) is 0 Å². The van der Waals surface area contributed by atoms with Crippen LogP contribution in [-0.2, 0) is 0 Å². The lowest BCUT2D eigenvalue weighted by Crippen LogP contribution is -2.17. The monoisotopic (exact) mass is 441 g/mol. The Balaban J connectivity index is 1.62. The average molecular weight is 442 g/mol. The Bertz CT molecular complexity index is 1260.